The van der Waals surface area contributed by atoms with Crippen molar-refractivity contribution in [2.45, 2.75) is 12.8 Å². The standard InChI is InChI=1S/C30H23NS/c31-28-18-16-21-14-15-22(19-27(21)24(28)17-13-20-7-2-1-3-8-20)23-10-6-11-26-25-9-4-5-12-29(25)32-30(23)26/h1-12,14-16,18-19H,13,17,31H2. The zero-order chi connectivity index (χ0) is 21.5. The molecule has 0 atom stereocenters. The molecule has 2 N–H and O–H groups in total. The monoisotopic (exact) mass is 429 g/mol. The fourth-order valence-corrected chi connectivity index (χ4v) is 5.97. The molecule has 154 valence electrons. The van der Waals surface area contributed by atoms with Crippen molar-refractivity contribution < 1.29 is 0 Å². The molecule has 0 unspecified atom stereocenters. The summed E-state index contributed by atoms with van der Waals surface area (Å²) in [6.07, 6.45) is 1.92. The van der Waals surface area contributed by atoms with E-state index < -0.39 is 0 Å². The SMILES string of the molecule is Nc1ccc2ccc(-c3cccc4c3sc3ccccc34)cc2c1CCc1ccccc1. The van der Waals surface area contributed by atoms with Crippen molar-refractivity contribution in [3.8, 4) is 11.1 Å². The van der Waals surface area contributed by atoms with Gasteiger partial charge in [0.1, 0.15) is 0 Å². The Balaban J connectivity index is 1.49. The molecule has 0 aliphatic rings. The Bertz CT molecular complexity index is 1580. The maximum absolute atomic E-state index is 6.48. The van der Waals surface area contributed by atoms with Crippen molar-refractivity contribution in [1.29, 1.82) is 0 Å². The summed E-state index contributed by atoms with van der Waals surface area (Å²) in [6.45, 7) is 0. The maximum atomic E-state index is 6.48. The lowest BCUT2D eigenvalue weighted by Gasteiger charge is -2.13. The molecule has 1 aromatic heterocycles. The third-order valence-corrected chi connectivity index (χ3v) is 7.61. The van der Waals surface area contributed by atoms with E-state index in [1.54, 1.807) is 0 Å². The molecule has 0 spiro atoms. The molecule has 0 bridgehead atoms. The Morgan fingerprint density at radius 3 is 2.31 bits per heavy atom. The number of rotatable bonds is 4. The first-order valence-corrected chi connectivity index (χ1v) is 11.9. The topological polar surface area (TPSA) is 26.0 Å². The highest BCUT2D eigenvalue weighted by Crippen LogP contribution is 2.40. The van der Waals surface area contributed by atoms with E-state index in [9.17, 15) is 0 Å². The predicted molar refractivity (Wildman–Crippen MR) is 141 cm³/mol. The number of aryl methyl sites for hydroxylation is 2. The first-order chi connectivity index (χ1) is 15.8. The smallest absolute Gasteiger partial charge is 0.0433 e. The van der Waals surface area contributed by atoms with Crippen molar-refractivity contribution >= 4 is 48.0 Å². The van der Waals surface area contributed by atoms with Crippen LogP contribution < -0.4 is 5.73 Å². The van der Waals surface area contributed by atoms with Gasteiger partial charge in [-0.3, -0.25) is 0 Å². The van der Waals surface area contributed by atoms with Crippen LogP contribution in [0.25, 0.3) is 42.1 Å². The molecule has 0 radical (unpaired) electrons. The molecule has 0 saturated carbocycles. The number of thiophene rings is 1. The second-order valence-electron chi connectivity index (χ2n) is 8.34. The van der Waals surface area contributed by atoms with Gasteiger partial charge in [-0.05, 0) is 64.1 Å². The zero-order valence-corrected chi connectivity index (χ0v) is 18.5. The molecule has 6 aromatic rings. The fraction of sp³-hybridized carbons (Fsp3) is 0.0667. The number of hydrogen-bond donors (Lipinski definition) is 1. The first-order valence-electron chi connectivity index (χ1n) is 11.0. The van der Waals surface area contributed by atoms with E-state index in [-0.39, 0.29) is 0 Å². The molecule has 32 heavy (non-hydrogen) atoms. The van der Waals surface area contributed by atoms with E-state index in [2.05, 4.69) is 103 Å². The van der Waals surface area contributed by atoms with Gasteiger partial charge in [-0.15, -0.1) is 11.3 Å². The van der Waals surface area contributed by atoms with Gasteiger partial charge in [0.15, 0.2) is 0 Å². The van der Waals surface area contributed by atoms with Crippen LogP contribution in [-0.2, 0) is 12.8 Å². The lowest BCUT2D eigenvalue weighted by Crippen LogP contribution is -1.99. The Labute approximate surface area is 191 Å². The second-order valence-corrected chi connectivity index (χ2v) is 9.39. The molecule has 0 amide bonds. The van der Waals surface area contributed by atoms with Gasteiger partial charge < -0.3 is 5.73 Å². The number of fused-ring (bicyclic) bond motifs is 4. The first kappa shape index (κ1) is 19.1. The summed E-state index contributed by atoms with van der Waals surface area (Å²) in [5.74, 6) is 0. The normalized spacial score (nSPS) is 11.5. The minimum Gasteiger partial charge on any atom is -0.398 e. The molecular weight excluding hydrogens is 406 g/mol. The summed E-state index contributed by atoms with van der Waals surface area (Å²) >= 11 is 1.88. The third-order valence-electron chi connectivity index (χ3n) is 6.39. The Morgan fingerprint density at radius 2 is 1.41 bits per heavy atom. The van der Waals surface area contributed by atoms with Gasteiger partial charge in [-0.25, -0.2) is 0 Å². The average Bonchev–Trinajstić information content (AvgIpc) is 3.23. The van der Waals surface area contributed by atoms with Crippen molar-refractivity contribution in [3.63, 3.8) is 0 Å². The molecule has 2 heteroatoms. The third kappa shape index (κ3) is 3.24. The van der Waals surface area contributed by atoms with Gasteiger partial charge in [0, 0.05) is 25.9 Å². The molecule has 1 heterocycles. The minimum atomic E-state index is 0.880. The molecule has 0 fully saturated rings. The highest BCUT2D eigenvalue weighted by atomic mass is 32.1. The predicted octanol–water partition coefficient (Wildman–Crippen LogP) is 8.24. The van der Waals surface area contributed by atoms with Gasteiger partial charge in [-0.2, -0.15) is 0 Å². The largest absolute Gasteiger partial charge is 0.398 e. The number of anilines is 1. The van der Waals surface area contributed by atoms with Gasteiger partial charge in [0.2, 0.25) is 0 Å². The van der Waals surface area contributed by atoms with Crippen LogP contribution in [-0.4, -0.2) is 0 Å². The molecular formula is C30H23NS. The molecule has 0 saturated heterocycles. The van der Waals surface area contributed by atoms with Crippen LogP contribution >= 0.6 is 11.3 Å². The highest BCUT2D eigenvalue weighted by molar-refractivity contribution is 7.26. The van der Waals surface area contributed by atoms with Crippen LogP contribution in [0.2, 0.25) is 0 Å². The lowest BCUT2D eigenvalue weighted by atomic mass is 9.93. The van der Waals surface area contributed by atoms with E-state index in [1.807, 2.05) is 11.3 Å². The molecule has 0 aliphatic heterocycles. The van der Waals surface area contributed by atoms with Crippen molar-refractivity contribution in [2.75, 3.05) is 5.73 Å². The van der Waals surface area contributed by atoms with Crippen LogP contribution in [0.3, 0.4) is 0 Å². The summed E-state index contributed by atoms with van der Waals surface area (Å²) in [4.78, 5) is 0. The lowest BCUT2D eigenvalue weighted by molar-refractivity contribution is 0.972. The molecule has 0 aliphatic carbocycles. The van der Waals surface area contributed by atoms with Crippen molar-refractivity contribution in [2.24, 2.45) is 0 Å². The minimum absolute atomic E-state index is 0.880. The van der Waals surface area contributed by atoms with Crippen LogP contribution in [0, 0.1) is 0 Å². The second kappa shape index (κ2) is 7.81. The van der Waals surface area contributed by atoms with E-state index >= 15 is 0 Å². The van der Waals surface area contributed by atoms with Crippen molar-refractivity contribution in [3.05, 3.63) is 114 Å². The van der Waals surface area contributed by atoms with E-state index in [4.69, 9.17) is 5.73 Å². The number of nitrogens with two attached hydrogens (primary N) is 1. The maximum Gasteiger partial charge on any atom is 0.0433 e. The molecule has 6 rings (SSSR count). The summed E-state index contributed by atoms with van der Waals surface area (Å²) in [5.41, 5.74) is 12.5. The summed E-state index contributed by atoms with van der Waals surface area (Å²) < 4.78 is 2.69. The number of hydrogen-bond acceptors (Lipinski definition) is 2. The zero-order valence-electron chi connectivity index (χ0n) is 17.7. The number of nitrogen functional groups attached to an aromatic ring is 1. The molecule has 1 nitrogen and oxygen atoms in total. The van der Waals surface area contributed by atoms with Gasteiger partial charge >= 0.3 is 0 Å². The van der Waals surface area contributed by atoms with E-state index in [0.29, 0.717) is 0 Å². The quantitative estimate of drug-likeness (QED) is 0.281. The Kier molecular flexibility index (Phi) is 4.66. The van der Waals surface area contributed by atoms with Gasteiger partial charge in [0.05, 0.1) is 0 Å². The average molecular weight is 430 g/mol. The summed E-state index contributed by atoms with van der Waals surface area (Å²) in [6, 6.07) is 37.0. The van der Waals surface area contributed by atoms with Gasteiger partial charge in [-0.1, -0.05) is 84.9 Å². The summed E-state index contributed by atoms with van der Waals surface area (Å²) in [7, 11) is 0. The highest BCUT2D eigenvalue weighted by Gasteiger charge is 2.12. The van der Waals surface area contributed by atoms with Crippen LogP contribution in [0.15, 0.2) is 103 Å². The fourth-order valence-electron chi connectivity index (χ4n) is 4.73. The van der Waals surface area contributed by atoms with Crippen LogP contribution in [0.1, 0.15) is 11.1 Å². The Morgan fingerprint density at radius 1 is 0.625 bits per heavy atom. The summed E-state index contributed by atoms with van der Waals surface area (Å²) in [5, 5.41) is 5.18. The van der Waals surface area contributed by atoms with Crippen LogP contribution in [0.4, 0.5) is 5.69 Å². The van der Waals surface area contributed by atoms with Crippen LogP contribution in [0.5, 0.6) is 0 Å². The van der Waals surface area contributed by atoms with Gasteiger partial charge in [0.25, 0.3) is 0 Å². The van der Waals surface area contributed by atoms with E-state index in [0.717, 1.165) is 18.5 Å². The van der Waals surface area contributed by atoms with Crippen molar-refractivity contribution in [1.82, 2.24) is 0 Å². The number of benzene rings is 5. The Hall–Kier alpha value is -3.62. The van der Waals surface area contributed by atoms with E-state index in [1.165, 1.54) is 53.2 Å². The molecule has 5 aromatic carbocycles.